The van der Waals surface area contributed by atoms with Crippen LogP contribution in [0.25, 0.3) is 0 Å². The molecule has 0 saturated carbocycles. The average molecular weight is 272 g/mol. The van der Waals surface area contributed by atoms with Crippen molar-refractivity contribution in [3.05, 3.63) is 0 Å². The Morgan fingerprint density at radius 1 is 1.47 bits per heavy atom. The molecule has 0 bridgehead atoms. The predicted molar refractivity (Wildman–Crippen MR) is 71.1 cm³/mol. The van der Waals surface area contributed by atoms with Crippen LogP contribution in [0, 0.1) is 0 Å². The van der Waals surface area contributed by atoms with E-state index in [1.807, 2.05) is 6.92 Å². The first kappa shape index (κ1) is 15.8. The highest BCUT2D eigenvalue weighted by atomic mass is 16.5. The number of rotatable bonds is 5. The zero-order valence-corrected chi connectivity index (χ0v) is 12.0. The van der Waals surface area contributed by atoms with Crippen molar-refractivity contribution in [2.45, 2.75) is 45.3 Å². The average Bonchev–Trinajstić information content (AvgIpc) is 2.39. The number of nitrogens with zero attached hydrogens (tertiary/aromatic N) is 2. The van der Waals surface area contributed by atoms with Crippen LogP contribution in [0.2, 0.25) is 0 Å². The van der Waals surface area contributed by atoms with Crippen molar-refractivity contribution < 1.29 is 19.4 Å². The van der Waals surface area contributed by atoms with E-state index in [1.165, 1.54) is 4.90 Å². The molecule has 19 heavy (non-hydrogen) atoms. The Balaban J connectivity index is 2.63. The number of piperidine rings is 1. The lowest BCUT2D eigenvalue weighted by Gasteiger charge is -2.36. The molecule has 2 amide bonds. The number of hydrogen-bond acceptors (Lipinski definition) is 3. The molecule has 2 atom stereocenters. The van der Waals surface area contributed by atoms with Crippen molar-refractivity contribution in [3.63, 3.8) is 0 Å². The third kappa shape index (κ3) is 4.09. The van der Waals surface area contributed by atoms with Crippen LogP contribution in [-0.2, 0) is 9.53 Å². The number of aliphatic carboxylic acids is 1. The molecule has 1 fully saturated rings. The quantitative estimate of drug-likeness (QED) is 0.821. The summed E-state index contributed by atoms with van der Waals surface area (Å²) < 4.78 is 5.55. The molecule has 0 aromatic carbocycles. The van der Waals surface area contributed by atoms with Gasteiger partial charge in [-0.15, -0.1) is 0 Å². The number of carbonyl (C=O) groups is 2. The Labute approximate surface area is 114 Å². The van der Waals surface area contributed by atoms with Crippen LogP contribution < -0.4 is 0 Å². The lowest BCUT2D eigenvalue weighted by Crippen LogP contribution is -2.52. The molecule has 1 rings (SSSR count). The van der Waals surface area contributed by atoms with Gasteiger partial charge in [0.05, 0.1) is 6.10 Å². The zero-order chi connectivity index (χ0) is 14.4. The highest BCUT2D eigenvalue weighted by Crippen LogP contribution is 2.16. The van der Waals surface area contributed by atoms with E-state index in [2.05, 4.69) is 0 Å². The van der Waals surface area contributed by atoms with Crippen molar-refractivity contribution in [2.24, 2.45) is 0 Å². The van der Waals surface area contributed by atoms with Crippen LogP contribution in [0.3, 0.4) is 0 Å². The zero-order valence-electron chi connectivity index (χ0n) is 12.0. The van der Waals surface area contributed by atoms with Gasteiger partial charge in [-0.05, 0) is 26.2 Å². The Morgan fingerprint density at radius 2 is 2.16 bits per heavy atom. The number of amides is 2. The van der Waals surface area contributed by atoms with Gasteiger partial charge in [0.2, 0.25) is 0 Å². The number of carbonyl (C=O) groups excluding carboxylic acids is 1. The molecular weight excluding hydrogens is 248 g/mol. The minimum absolute atomic E-state index is 0.0704. The smallest absolute Gasteiger partial charge is 0.326 e. The van der Waals surface area contributed by atoms with E-state index < -0.39 is 12.0 Å². The Morgan fingerprint density at radius 3 is 2.68 bits per heavy atom. The molecule has 1 aliphatic heterocycles. The summed E-state index contributed by atoms with van der Waals surface area (Å²) in [4.78, 5) is 26.4. The lowest BCUT2D eigenvalue weighted by atomic mass is 10.1. The number of hydrogen-bond donors (Lipinski definition) is 1. The second-order valence-electron chi connectivity index (χ2n) is 4.82. The normalized spacial score (nSPS) is 21.0. The summed E-state index contributed by atoms with van der Waals surface area (Å²) in [7, 11) is 1.55. The molecule has 0 aromatic rings. The van der Waals surface area contributed by atoms with Gasteiger partial charge >= 0.3 is 12.0 Å². The van der Waals surface area contributed by atoms with Crippen LogP contribution in [0.15, 0.2) is 0 Å². The molecule has 1 aliphatic rings. The maximum atomic E-state index is 12.3. The number of likely N-dealkylation sites (N-methyl/N-ethyl adjacent to an activating group) is 1. The maximum absolute atomic E-state index is 12.3. The van der Waals surface area contributed by atoms with E-state index in [1.54, 1.807) is 18.9 Å². The van der Waals surface area contributed by atoms with Gasteiger partial charge in [0.15, 0.2) is 0 Å². The topological polar surface area (TPSA) is 70.1 Å². The van der Waals surface area contributed by atoms with Crippen molar-refractivity contribution in [1.29, 1.82) is 0 Å². The first-order valence-electron chi connectivity index (χ1n) is 6.87. The van der Waals surface area contributed by atoms with Gasteiger partial charge in [-0.1, -0.05) is 6.92 Å². The van der Waals surface area contributed by atoms with Crippen LogP contribution >= 0.6 is 0 Å². The van der Waals surface area contributed by atoms with E-state index >= 15 is 0 Å². The van der Waals surface area contributed by atoms with Crippen LogP contribution in [-0.4, -0.2) is 65.8 Å². The summed E-state index contributed by atoms with van der Waals surface area (Å²) >= 11 is 0. The molecule has 0 spiro atoms. The molecular formula is C13H24N2O4. The van der Waals surface area contributed by atoms with E-state index in [9.17, 15) is 9.59 Å². The largest absolute Gasteiger partial charge is 0.480 e. The third-order valence-electron chi connectivity index (χ3n) is 3.49. The van der Waals surface area contributed by atoms with Gasteiger partial charge in [-0.25, -0.2) is 9.59 Å². The van der Waals surface area contributed by atoms with Gasteiger partial charge in [-0.3, -0.25) is 0 Å². The molecule has 1 saturated heterocycles. The lowest BCUT2D eigenvalue weighted by molar-refractivity contribution is -0.142. The molecule has 6 nitrogen and oxygen atoms in total. The first-order chi connectivity index (χ1) is 9.01. The first-order valence-corrected chi connectivity index (χ1v) is 6.87. The number of likely N-dealkylation sites (tertiary alicyclic amines) is 1. The fourth-order valence-corrected chi connectivity index (χ4v) is 2.45. The molecule has 0 aliphatic carbocycles. The standard InChI is InChI=1S/C13H24N2O4/c1-4-11(12(16)17)14(3)13(18)15-8-6-7-10(9-15)19-5-2/h10-11H,4-9H2,1-3H3,(H,16,17). The predicted octanol–water partition coefficient (Wildman–Crippen LogP) is 1.40. The number of carboxylic acids is 1. The number of carboxylic acid groups (broad SMARTS) is 1. The van der Waals surface area contributed by atoms with E-state index in [0.29, 0.717) is 26.1 Å². The van der Waals surface area contributed by atoms with Crippen LogP contribution in [0.4, 0.5) is 4.79 Å². The summed E-state index contributed by atoms with van der Waals surface area (Å²) in [5, 5.41) is 9.09. The number of urea groups is 1. The second kappa shape index (κ2) is 7.33. The fourth-order valence-electron chi connectivity index (χ4n) is 2.45. The molecule has 2 unspecified atom stereocenters. The summed E-state index contributed by atoms with van der Waals surface area (Å²) in [5.41, 5.74) is 0. The summed E-state index contributed by atoms with van der Waals surface area (Å²) in [6.07, 6.45) is 2.33. The van der Waals surface area contributed by atoms with Crippen molar-refractivity contribution in [3.8, 4) is 0 Å². The SMILES string of the molecule is CCOC1CCCN(C(=O)N(C)C(CC)C(=O)O)C1. The fraction of sp³-hybridized carbons (Fsp3) is 0.846. The minimum atomic E-state index is -0.961. The second-order valence-corrected chi connectivity index (χ2v) is 4.82. The highest BCUT2D eigenvalue weighted by Gasteiger charge is 2.31. The maximum Gasteiger partial charge on any atom is 0.326 e. The molecule has 1 N–H and O–H groups in total. The molecule has 0 aromatic heterocycles. The van der Waals surface area contributed by atoms with Crippen molar-refractivity contribution in [1.82, 2.24) is 9.80 Å². The van der Waals surface area contributed by atoms with Crippen LogP contribution in [0.1, 0.15) is 33.1 Å². The Hall–Kier alpha value is -1.30. The van der Waals surface area contributed by atoms with Gasteiger partial charge in [-0.2, -0.15) is 0 Å². The van der Waals surface area contributed by atoms with E-state index in [-0.39, 0.29) is 12.1 Å². The summed E-state index contributed by atoms with van der Waals surface area (Å²) in [5.74, 6) is -0.961. The Kier molecular flexibility index (Phi) is 6.08. The van der Waals surface area contributed by atoms with Crippen molar-refractivity contribution >= 4 is 12.0 Å². The monoisotopic (exact) mass is 272 g/mol. The van der Waals surface area contributed by atoms with Crippen LogP contribution in [0.5, 0.6) is 0 Å². The summed E-state index contributed by atoms with van der Waals surface area (Å²) in [6.45, 7) is 5.55. The third-order valence-corrected chi connectivity index (χ3v) is 3.49. The summed E-state index contributed by atoms with van der Waals surface area (Å²) in [6, 6.07) is -0.987. The molecule has 110 valence electrons. The minimum Gasteiger partial charge on any atom is -0.480 e. The highest BCUT2D eigenvalue weighted by molar-refractivity contribution is 5.82. The van der Waals surface area contributed by atoms with Gasteiger partial charge in [0.1, 0.15) is 6.04 Å². The van der Waals surface area contributed by atoms with Crippen molar-refractivity contribution in [2.75, 3.05) is 26.7 Å². The van der Waals surface area contributed by atoms with Gasteiger partial charge < -0.3 is 19.6 Å². The number of ether oxygens (including phenoxy) is 1. The van der Waals surface area contributed by atoms with E-state index in [0.717, 1.165) is 12.8 Å². The Bertz CT molecular complexity index is 320. The molecule has 0 radical (unpaired) electrons. The molecule has 1 heterocycles. The van der Waals surface area contributed by atoms with E-state index in [4.69, 9.17) is 9.84 Å². The van der Waals surface area contributed by atoms with Gasteiger partial charge in [0, 0.05) is 26.7 Å². The molecule has 6 heteroatoms. The van der Waals surface area contributed by atoms with Gasteiger partial charge in [0.25, 0.3) is 0 Å².